The quantitative estimate of drug-likeness (QED) is 0.783. The summed E-state index contributed by atoms with van der Waals surface area (Å²) in [5, 5.41) is 0. The van der Waals surface area contributed by atoms with Crippen LogP contribution >= 0.6 is 0 Å². The van der Waals surface area contributed by atoms with E-state index in [9.17, 15) is 4.79 Å². The van der Waals surface area contributed by atoms with Crippen LogP contribution < -0.4 is 5.73 Å². The van der Waals surface area contributed by atoms with Crippen LogP contribution in [0.5, 0.6) is 0 Å². The Morgan fingerprint density at radius 2 is 2.00 bits per heavy atom. The van der Waals surface area contributed by atoms with Crippen LogP contribution in [0, 0.1) is 17.8 Å². The van der Waals surface area contributed by atoms with Crippen LogP contribution in [0.2, 0.25) is 0 Å². The average Bonchev–Trinajstić information content (AvgIpc) is 2.35. The smallest absolute Gasteiger partial charge is 0.149 e. The molecule has 1 aromatic rings. The van der Waals surface area contributed by atoms with Crippen molar-refractivity contribution in [3.63, 3.8) is 0 Å². The molecule has 0 radical (unpaired) electrons. The van der Waals surface area contributed by atoms with Crippen LogP contribution in [0.3, 0.4) is 0 Å². The van der Waals surface area contributed by atoms with E-state index >= 15 is 0 Å². The third-order valence-electron chi connectivity index (χ3n) is 2.67. The van der Waals surface area contributed by atoms with Gasteiger partial charge in [0.15, 0.2) is 0 Å². The highest BCUT2D eigenvalue weighted by Crippen LogP contribution is 2.20. The molecule has 1 rings (SSSR count). The van der Waals surface area contributed by atoms with Crippen LogP contribution in [-0.4, -0.2) is 5.78 Å². The summed E-state index contributed by atoms with van der Waals surface area (Å²) < 4.78 is 0. The minimum absolute atomic E-state index is 0.103. The van der Waals surface area contributed by atoms with Gasteiger partial charge in [-0.3, -0.25) is 4.79 Å². The normalized spacial score (nSPS) is 13.4. The van der Waals surface area contributed by atoms with Crippen molar-refractivity contribution >= 4 is 5.78 Å². The van der Waals surface area contributed by atoms with Crippen LogP contribution in [0.1, 0.15) is 31.9 Å². The first-order valence-electron chi connectivity index (χ1n) is 5.39. The van der Waals surface area contributed by atoms with Crippen molar-refractivity contribution in [1.29, 1.82) is 0 Å². The standard InChI is InChI=1S/C14H17NO/c1-3-4-10-13(16)11(2)14(15)12-8-6-5-7-9-12/h5-9,11,14H,10,15H2,1-2H3. The van der Waals surface area contributed by atoms with Crippen molar-refractivity contribution in [3.05, 3.63) is 35.9 Å². The molecule has 0 saturated heterocycles. The zero-order chi connectivity index (χ0) is 12.0. The molecule has 0 saturated carbocycles. The van der Waals surface area contributed by atoms with E-state index in [4.69, 9.17) is 5.73 Å². The summed E-state index contributed by atoms with van der Waals surface area (Å²) >= 11 is 0. The molecule has 2 nitrogen and oxygen atoms in total. The molecule has 0 fully saturated rings. The molecule has 0 amide bonds. The molecule has 0 aliphatic carbocycles. The van der Waals surface area contributed by atoms with Crippen molar-refractivity contribution in [2.75, 3.05) is 0 Å². The topological polar surface area (TPSA) is 43.1 Å². The first-order valence-corrected chi connectivity index (χ1v) is 5.39. The van der Waals surface area contributed by atoms with Crippen LogP contribution in [0.25, 0.3) is 0 Å². The van der Waals surface area contributed by atoms with Crippen LogP contribution in [0.4, 0.5) is 0 Å². The molecule has 0 aliphatic heterocycles. The Morgan fingerprint density at radius 3 is 2.56 bits per heavy atom. The molecule has 2 atom stereocenters. The Balaban J connectivity index is 2.69. The third-order valence-corrected chi connectivity index (χ3v) is 2.67. The first kappa shape index (κ1) is 12.5. The van der Waals surface area contributed by atoms with Gasteiger partial charge in [-0.2, -0.15) is 0 Å². The lowest BCUT2D eigenvalue weighted by atomic mass is 9.91. The van der Waals surface area contributed by atoms with E-state index in [1.807, 2.05) is 37.3 Å². The fourth-order valence-electron chi connectivity index (χ4n) is 1.50. The fraction of sp³-hybridized carbons (Fsp3) is 0.357. The van der Waals surface area contributed by atoms with Gasteiger partial charge in [0.2, 0.25) is 0 Å². The van der Waals surface area contributed by atoms with Gasteiger partial charge in [-0.1, -0.05) is 43.2 Å². The Hall–Kier alpha value is -1.59. The molecule has 2 N–H and O–H groups in total. The number of hydrogen-bond acceptors (Lipinski definition) is 2. The highest BCUT2D eigenvalue weighted by molar-refractivity contribution is 5.83. The predicted octanol–water partition coefficient (Wildman–Crippen LogP) is 2.31. The number of ketones is 1. The zero-order valence-corrected chi connectivity index (χ0v) is 9.73. The Morgan fingerprint density at radius 1 is 1.38 bits per heavy atom. The van der Waals surface area contributed by atoms with Crippen LogP contribution in [-0.2, 0) is 4.79 Å². The second kappa shape index (κ2) is 6.09. The SMILES string of the molecule is CC#CCC(=O)C(C)C(N)c1ccccc1. The molecule has 16 heavy (non-hydrogen) atoms. The molecular weight excluding hydrogens is 198 g/mol. The number of carbonyl (C=O) groups is 1. The number of rotatable bonds is 4. The number of hydrogen-bond donors (Lipinski definition) is 1. The summed E-state index contributed by atoms with van der Waals surface area (Å²) in [4.78, 5) is 11.7. The van der Waals surface area contributed by atoms with Gasteiger partial charge in [-0.15, -0.1) is 5.92 Å². The van der Waals surface area contributed by atoms with Gasteiger partial charge in [-0.25, -0.2) is 0 Å². The van der Waals surface area contributed by atoms with Gasteiger partial charge in [0.1, 0.15) is 5.78 Å². The summed E-state index contributed by atoms with van der Waals surface area (Å²) in [7, 11) is 0. The van der Waals surface area contributed by atoms with Gasteiger partial charge >= 0.3 is 0 Å². The predicted molar refractivity (Wildman–Crippen MR) is 65.6 cm³/mol. The highest BCUT2D eigenvalue weighted by atomic mass is 16.1. The second-order valence-electron chi connectivity index (χ2n) is 3.80. The van der Waals surface area contributed by atoms with E-state index in [0.717, 1.165) is 5.56 Å². The van der Waals surface area contributed by atoms with Gasteiger partial charge in [0.05, 0.1) is 6.42 Å². The Labute approximate surface area is 96.9 Å². The average molecular weight is 215 g/mol. The molecule has 0 heterocycles. The lowest BCUT2D eigenvalue weighted by Crippen LogP contribution is -2.25. The summed E-state index contributed by atoms with van der Waals surface area (Å²) in [6.07, 6.45) is 0.290. The van der Waals surface area contributed by atoms with Gasteiger partial charge in [-0.05, 0) is 12.5 Å². The van der Waals surface area contributed by atoms with E-state index in [-0.39, 0.29) is 24.2 Å². The minimum atomic E-state index is -0.243. The summed E-state index contributed by atoms with van der Waals surface area (Å²) in [6, 6.07) is 9.44. The molecule has 1 aromatic carbocycles. The maximum atomic E-state index is 11.7. The summed E-state index contributed by atoms with van der Waals surface area (Å²) in [5.41, 5.74) is 7.04. The monoisotopic (exact) mass is 215 g/mol. The minimum Gasteiger partial charge on any atom is -0.323 e. The lowest BCUT2D eigenvalue weighted by Gasteiger charge is -2.18. The number of benzene rings is 1. The molecular formula is C14H17NO. The molecule has 0 spiro atoms. The van der Waals surface area contributed by atoms with Gasteiger partial charge in [0, 0.05) is 12.0 Å². The fourth-order valence-corrected chi connectivity index (χ4v) is 1.50. The van der Waals surface area contributed by atoms with Gasteiger partial charge < -0.3 is 5.73 Å². The zero-order valence-electron chi connectivity index (χ0n) is 9.73. The van der Waals surface area contributed by atoms with Crippen molar-refractivity contribution in [2.45, 2.75) is 26.3 Å². The van der Waals surface area contributed by atoms with E-state index in [1.54, 1.807) is 6.92 Å². The number of nitrogens with two attached hydrogens (primary N) is 1. The molecule has 2 heteroatoms. The van der Waals surface area contributed by atoms with Crippen molar-refractivity contribution in [3.8, 4) is 11.8 Å². The molecule has 2 unspecified atom stereocenters. The summed E-state index contributed by atoms with van der Waals surface area (Å²) in [6.45, 7) is 3.59. The van der Waals surface area contributed by atoms with Crippen molar-refractivity contribution < 1.29 is 4.79 Å². The molecule has 84 valence electrons. The summed E-state index contributed by atoms with van der Waals surface area (Å²) in [5.74, 6) is 5.41. The second-order valence-corrected chi connectivity index (χ2v) is 3.80. The maximum absolute atomic E-state index is 11.7. The van der Waals surface area contributed by atoms with Crippen molar-refractivity contribution in [1.82, 2.24) is 0 Å². The maximum Gasteiger partial charge on any atom is 0.149 e. The van der Waals surface area contributed by atoms with E-state index in [1.165, 1.54) is 0 Å². The van der Waals surface area contributed by atoms with E-state index in [0.29, 0.717) is 0 Å². The largest absolute Gasteiger partial charge is 0.323 e. The third kappa shape index (κ3) is 3.22. The highest BCUT2D eigenvalue weighted by Gasteiger charge is 2.20. The number of Topliss-reactive ketones (excluding diaryl/α,β-unsaturated/α-hetero) is 1. The molecule has 0 bridgehead atoms. The number of carbonyl (C=O) groups excluding carboxylic acids is 1. The molecule has 0 aromatic heterocycles. The molecule has 0 aliphatic rings. The van der Waals surface area contributed by atoms with E-state index < -0.39 is 0 Å². The Bertz CT molecular complexity index is 400. The first-order chi connectivity index (χ1) is 7.66. The van der Waals surface area contributed by atoms with Crippen LogP contribution in [0.15, 0.2) is 30.3 Å². The Kier molecular flexibility index (Phi) is 4.75. The van der Waals surface area contributed by atoms with Gasteiger partial charge in [0.25, 0.3) is 0 Å². The lowest BCUT2D eigenvalue weighted by molar-refractivity contribution is -0.122. The van der Waals surface area contributed by atoms with Crippen molar-refractivity contribution in [2.24, 2.45) is 11.7 Å². The van der Waals surface area contributed by atoms with E-state index in [2.05, 4.69) is 11.8 Å².